The quantitative estimate of drug-likeness (QED) is 0.275. The molecular weight excluding hydrogens is 304 g/mol. The number of rotatable bonds is 16. The summed E-state index contributed by atoms with van der Waals surface area (Å²) in [7, 11) is 0. The summed E-state index contributed by atoms with van der Waals surface area (Å²) in [6, 6.07) is 0. The lowest BCUT2D eigenvalue weighted by molar-refractivity contribution is -0.135. The predicted octanol–water partition coefficient (Wildman–Crippen LogP) is 5.81. The number of carboxylic acid groups (broad SMARTS) is 2. The van der Waals surface area contributed by atoms with Gasteiger partial charge in [-0.15, -0.1) is 0 Å². The molecule has 0 aliphatic heterocycles. The zero-order chi connectivity index (χ0) is 18.2. The monoisotopic (exact) mass is 340 g/mol. The average molecular weight is 341 g/mol. The summed E-state index contributed by atoms with van der Waals surface area (Å²) in [6.07, 6.45) is 15.8. The summed E-state index contributed by atoms with van der Waals surface area (Å²) in [4.78, 5) is 21.4. The first-order chi connectivity index (χ1) is 11.4. The molecule has 0 saturated carbocycles. The molecule has 4 heteroatoms. The van der Waals surface area contributed by atoms with Crippen LogP contribution in [-0.2, 0) is 9.59 Å². The Hall–Kier alpha value is -1.32. The molecule has 0 radical (unpaired) electrons. The van der Waals surface area contributed by atoms with Crippen LogP contribution >= 0.6 is 0 Å². The van der Waals surface area contributed by atoms with Crippen molar-refractivity contribution in [2.24, 2.45) is 5.92 Å². The first kappa shape index (κ1) is 22.7. The van der Waals surface area contributed by atoms with Crippen LogP contribution < -0.4 is 0 Å². The van der Waals surface area contributed by atoms with Crippen molar-refractivity contribution >= 4 is 11.9 Å². The Morgan fingerprint density at radius 2 is 1.17 bits per heavy atom. The molecule has 0 aliphatic carbocycles. The minimum absolute atomic E-state index is 0.0000308. The maximum absolute atomic E-state index is 10.9. The Labute approximate surface area is 147 Å². The fraction of sp³-hybridized carbons (Fsp3) is 0.800. The van der Waals surface area contributed by atoms with E-state index in [-0.39, 0.29) is 5.57 Å². The maximum atomic E-state index is 10.9. The Morgan fingerprint density at radius 3 is 1.54 bits per heavy atom. The summed E-state index contributed by atoms with van der Waals surface area (Å²) < 4.78 is 0. The maximum Gasteiger partial charge on any atom is 0.331 e. The van der Waals surface area contributed by atoms with Crippen LogP contribution in [0, 0.1) is 5.92 Å². The SMILES string of the molecule is CC(C)CCCCCCCCCCCCCC(=CC(=O)O)C(=O)O. The Bertz CT molecular complexity index is 372. The number of carbonyl (C=O) groups is 2. The Balaban J connectivity index is 3.39. The van der Waals surface area contributed by atoms with E-state index >= 15 is 0 Å². The van der Waals surface area contributed by atoms with E-state index in [4.69, 9.17) is 10.2 Å². The molecular formula is C20H36O4. The van der Waals surface area contributed by atoms with E-state index in [1.54, 1.807) is 0 Å². The second kappa shape index (κ2) is 15.2. The third kappa shape index (κ3) is 15.6. The Kier molecular flexibility index (Phi) is 14.4. The van der Waals surface area contributed by atoms with Crippen LogP contribution in [0.3, 0.4) is 0 Å². The number of carboxylic acids is 2. The smallest absolute Gasteiger partial charge is 0.331 e. The topological polar surface area (TPSA) is 74.6 Å². The van der Waals surface area contributed by atoms with E-state index in [0.29, 0.717) is 6.42 Å². The fourth-order valence-electron chi connectivity index (χ4n) is 2.85. The predicted molar refractivity (Wildman–Crippen MR) is 98.2 cm³/mol. The molecule has 0 amide bonds. The van der Waals surface area contributed by atoms with Crippen molar-refractivity contribution in [1.29, 1.82) is 0 Å². The lowest BCUT2D eigenvalue weighted by Crippen LogP contribution is -2.04. The zero-order valence-electron chi connectivity index (χ0n) is 15.6. The second-order valence-corrected chi connectivity index (χ2v) is 7.13. The first-order valence-corrected chi connectivity index (χ1v) is 9.60. The molecule has 4 nitrogen and oxygen atoms in total. The fourth-order valence-corrected chi connectivity index (χ4v) is 2.85. The van der Waals surface area contributed by atoms with Crippen LogP contribution in [0.5, 0.6) is 0 Å². The van der Waals surface area contributed by atoms with Gasteiger partial charge in [0.15, 0.2) is 0 Å². The van der Waals surface area contributed by atoms with Crippen molar-refractivity contribution < 1.29 is 19.8 Å². The minimum Gasteiger partial charge on any atom is -0.478 e. The molecule has 0 unspecified atom stereocenters. The molecule has 0 aromatic heterocycles. The molecule has 0 rings (SSSR count). The lowest BCUT2D eigenvalue weighted by Gasteiger charge is -2.05. The standard InChI is InChI=1S/C20H36O4/c1-17(2)14-12-10-8-6-4-3-5-7-9-11-13-15-18(20(23)24)16-19(21)22/h16-17H,3-15H2,1-2H3,(H,21,22)(H,23,24). The summed E-state index contributed by atoms with van der Waals surface area (Å²) in [5, 5.41) is 17.5. The lowest BCUT2D eigenvalue weighted by atomic mass is 10.0. The van der Waals surface area contributed by atoms with Gasteiger partial charge in [0.1, 0.15) is 0 Å². The van der Waals surface area contributed by atoms with Crippen LogP contribution in [-0.4, -0.2) is 22.2 Å². The molecule has 24 heavy (non-hydrogen) atoms. The van der Waals surface area contributed by atoms with Crippen LogP contribution in [0.1, 0.15) is 97.3 Å². The molecule has 2 N–H and O–H groups in total. The van der Waals surface area contributed by atoms with E-state index in [2.05, 4.69) is 13.8 Å². The van der Waals surface area contributed by atoms with Crippen LogP contribution in [0.2, 0.25) is 0 Å². The largest absolute Gasteiger partial charge is 0.478 e. The van der Waals surface area contributed by atoms with Gasteiger partial charge < -0.3 is 10.2 Å². The highest BCUT2D eigenvalue weighted by Crippen LogP contribution is 2.15. The molecule has 0 heterocycles. The summed E-state index contributed by atoms with van der Waals surface area (Å²) >= 11 is 0. The molecule has 0 aromatic carbocycles. The number of hydrogen-bond donors (Lipinski definition) is 2. The van der Waals surface area contributed by atoms with Crippen molar-refractivity contribution in [2.75, 3.05) is 0 Å². The molecule has 0 aliphatic rings. The van der Waals surface area contributed by atoms with E-state index in [0.717, 1.165) is 31.3 Å². The highest BCUT2D eigenvalue weighted by molar-refractivity contribution is 5.94. The van der Waals surface area contributed by atoms with Crippen molar-refractivity contribution in [1.82, 2.24) is 0 Å². The molecule has 0 saturated heterocycles. The van der Waals surface area contributed by atoms with Crippen molar-refractivity contribution in [3.8, 4) is 0 Å². The molecule has 0 aromatic rings. The van der Waals surface area contributed by atoms with Crippen LogP contribution in [0.25, 0.3) is 0 Å². The summed E-state index contributed by atoms with van der Waals surface area (Å²) in [5.74, 6) is -1.47. The normalized spacial score (nSPS) is 11.9. The Morgan fingerprint density at radius 1 is 0.750 bits per heavy atom. The van der Waals surface area contributed by atoms with Gasteiger partial charge in [0.25, 0.3) is 0 Å². The molecule has 0 atom stereocenters. The molecule has 140 valence electrons. The highest BCUT2D eigenvalue weighted by atomic mass is 16.4. The number of hydrogen-bond acceptors (Lipinski definition) is 2. The van der Waals surface area contributed by atoms with Crippen molar-refractivity contribution in [3.63, 3.8) is 0 Å². The van der Waals surface area contributed by atoms with Crippen molar-refractivity contribution in [2.45, 2.75) is 97.3 Å². The van der Waals surface area contributed by atoms with Gasteiger partial charge in [0.2, 0.25) is 0 Å². The molecule has 0 fully saturated rings. The van der Waals surface area contributed by atoms with Gasteiger partial charge >= 0.3 is 11.9 Å². The van der Waals surface area contributed by atoms with Gasteiger partial charge in [-0.2, -0.15) is 0 Å². The number of unbranched alkanes of at least 4 members (excludes halogenated alkanes) is 10. The highest BCUT2D eigenvalue weighted by Gasteiger charge is 2.08. The summed E-state index contributed by atoms with van der Waals surface area (Å²) in [6.45, 7) is 4.57. The van der Waals surface area contributed by atoms with Gasteiger partial charge in [-0.05, 0) is 18.8 Å². The molecule has 0 bridgehead atoms. The molecule has 0 spiro atoms. The average Bonchev–Trinajstić information content (AvgIpc) is 2.49. The zero-order valence-corrected chi connectivity index (χ0v) is 15.6. The van der Waals surface area contributed by atoms with Gasteiger partial charge in [-0.25, -0.2) is 9.59 Å². The third-order valence-electron chi connectivity index (χ3n) is 4.30. The van der Waals surface area contributed by atoms with Crippen LogP contribution in [0.15, 0.2) is 11.6 Å². The third-order valence-corrected chi connectivity index (χ3v) is 4.30. The van der Waals surface area contributed by atoms with E-state index in [1.165, 1.54) is 57.8 Å². The van der Waals surface area contributed by atoms with Crippen LogP contribution in [0.4, 0.5) is 0 Å². The summed E-state index contributed by atoms with van der Waals surface area (Å²) in [5.41, 5.74) is -0.0000308. The van der Waals surface area contributed by atoms with Gasteiger partial charge in [-0.3, -0.25) is 0 Å². The van der Waals surface area contributed by atoms with Gasteiger partial charge in [-0.1, -0.05) is 84.5 Å². The van der Waals surface area contributed by atoms with Crippen molar-refractivity contribution in [3.05, 3.63) is 11.6 Å². The second-order valence-electron chi connectivity index (χ2n) is 7.13. The number of aliphatic carboxylic acids is 2. The van der Waals surface area contributed by atoms with E-state index < -0.39 is 11.9 Å². The van der Waals surface area contributed by atoms with E-state index in [9.17, 15) is 9.59 Å². The first-order valence-electron chi connectivity index (χ1n) is 9.60. The van der Waals surface area contributed by atoms with Gasteiger partial charge in [0.05, 0.1) is 0 Å². The van der Waals surface area contributed by atoms with Gasteiger partial charge in [0, 0.05) is 11.6 Å². The van der Waals surface area contributed by atoms with E-state index in [1.807, 2.05) is 0 Å². The minimum atomic E-state index is -1.18.